The van der Waals surface area contributed by atoms with Gasteiger partial charge in [0.1, 0.15) is 6.04 Å². The molecule has 1 unspecified atom stereocenters. The van der Waals surface area contributed by atoms with Crippen molar-refractivity contribution >= 4 is 5.97 Å². The minimum Gasteiger partial charge on any atom is -0.480 e. The van der Waals surface area contributed by atoms with Gasteiger partial charge in [-0.2, -0.15) is 0 Å². The Bertz CT molecular complexity index is 161. The summed E-state index contributed by atoms with van der Waals surface area (Å²) in [7, 11) is 0. The van der Waals surface area contributed by atoms with E-state index in [1.807, 2.05) is 0 Å². The minimum atomic E-state index is -1.05. The van der Waals surface area contributed by atoms with E-state index in [-0.39, 0.29) is 6.61 Å². The van der Waals surface area contributed by atoms with Crippen LogP contribution < -0.4 is 5.73 Å². The molecule has 0 saturated carbocycles. The Hall–Kier alpha value is -0.650. The van der Waals surface area contributed by atoms with Crippen LogP contribution in [0, 0.1) is 5.92 Å². The van der Waals surface area contributed by atoms with Crippen LogP contribution in [-0.4, -0.2) is 43.5 Å². The van der Waals surface area contributed by atoms with Crippen LogP contribution >= 0.6 is 0 Å². The van der Waals surface area contributed by atoms with Crippen molar-refractivity contribution in [1.29, 1.82) is 0 Å². The second kappa shape index (κ2) is 7.73. The van der Waals surface area contributed by atoms with Gasteiger partial charge in [0.25, 0.3) is 0 Å². The van der Waals surface area contributed by atoms with Crippen molar-refractivity contribution in [2.24, 2.45) is 11.7 Å². The van der Waals surface area contributed by atoms with Crippen LogP contribution in [-0.2, 0) is 14.3 Å². The molecule has 0 aromatic heterocycles. The molecule has 0 aromatic rings. The maximum Gasteiger partial charge on any atom is 0.322 e. The van der Waals surface area contributed by atoms with Gasteiger partial charge in [0.05, 0.1) is 19.8 Å². The molecule has 0 aliphatic carbocycles. The highest BCUT2D eigenvalue weighted by molar-refractivity contribution is 5.73. The number of rotatable bonds is 8. The summed E-state index contributed by atoms with van der Waals surface area (Å²) >= 11 is 0. The molecule has 0 aliphatic heterocycles. The first-order valence-corrected chi connectivity index (χ1v) is 4.68. The van der Waals surface area contributed by atoms with E-state index in [0.29, 0.717) is 25.7 Å². The largest absolute Gasteiger partial charge is 0.480 e. The molecule has 0 bridgehead atoms. The van der Waals surface area contributed by atoms with Crippen LogP contribution in [0.15, 0.2) is 0 Å². The zero-order valence-electron chi connectivity index (χ0n) is 8.73. The first-order chi connectivity index (χ1) is 6.54. The van der Waals surface area contributed by atoms with Crippen molar-refractivity contribution < 1.29 is 19.4 Å². The topological polar surface area (TPSA) is 81.8 Å². The highest BCUT2D eigenvalue weighted by atomic mass is 16.5. The van der Waals surface area contributed by atoms with E-state index in [9.17, 15) is 4.79 Å². The molecular weight excluding hydrogens is 186 g/mol. The van der Waals surface area contributed by atoms with Gasteiger partial charge >= 0.3 is 5.97 Å². The first kappa shape index (κ1) is 13.4. The summed E-state index contributed by atoms with van der Waals surface area (Å²) in [4.78, 5) is 10.3. The zero-order chi connectivity index (χ0) is 11.0. The van der Waals surface area contributed by atoms with Crippen LogP contribution in [0.25, 0.3) is 0 Å². The molecular formula is C9H19NO4. The molecule has 0 fully saturated rings. The van der Waals surface area contributed by atoms with E-state index >= 15 is 0 Å². The number of carbonyl (C=O) groups is 1. The fraction of sp³-hybridized carbons (Fsp3) is 0.889. The van der Waals surface area contributed by atoms with Gasteiger partial charge in [-0.25, -0.2) is 0 Å². The molecule has 3 N–H and O–H groups in total. The Morgan fingerprint density at radius 3 is 2.21 bits per heavy atom. The molecule has 84 valence electrons. The number of hydrogen-bond donors (Lipinski definition) is 2. The average molecular weight is 205 g/mol. The van der Waals surface area contributed by atoms with E-state index in [4.69, 9.17) is 20.3 Å². The Kier molecular flexibility index (Phi) is 7.37. The number of nitrogens with two attached hydrogens (primary N) is 1. The monoisotopic (exact) mass is 205 g/mol. The third-order valence-corrected chi connectivity index (χ3v) is 1.44. The Labute approximate surface area is 84.2 Å². The van der Waals surface area contributed by atoms with Gasteiger partial charge in [-0.1, -0.05) is 13.8 Å². The number of hydrogen-bond acceptors (Lipinski definition) is 4. The summed E-state index contributed by atoms with van der Waals surface area (Å²) in [5.41, 5.74) is 5.21. The molecule has 1 atom stereocenters. The molecule has 0 aliphatic rings. The van der Waals surface area contributed by atoms with E-state index < -0.39 is 12.0 Å². The smallest absolute Gasteiger partial charge is 0.322 e. The molecule has 0 rings (SSSR count). The zero-order valence-corrected chi connectivity index (χ0v) is 8.73. The van der Waals surface area contributed by atoms with Crippen molar-refractivity contribution in [2.75, 3.05) is 26.4 Å². The summed E-state index contributed by atoms with van der Waals surface area (Å²) in [6.45, 7) is 5.69. The lowest BCUT2D eigenvalue weighted by Gasteiger charge is -2.09. The number of ether oxygens (including phenoxy) is 2. The maximum absolute atomic E-state index is 10.3. The Balaban J connectivity index is 3.17. The Morgan fingerprint density at radius 1 is 1.29 bits per heavy atom. The predicted octanol–water partition coefficient (Wildman–Crippen LogP) is 0.0875. The molecule has 0 aromatic carbocycles. The standard InChI is InChI=1S/C9H19NO4/c1-7(2)5-13-3-4-14-6-8(10)9(11)12/h7-8H,3-6,10H2,1-2H3,(H,11,12). The Morgan fingerprint density at radius 2 is 1.79 bits per heavy atom. The normalized spacial score (nSPS) is 13.1. The van der Waals surface area contributed by atoms with Gasteiger partial charge < -0.3 is 20.3 Å². The summed E-state index contributed by atoms with van der Waals surface area (Å²) in [6, 6.07) is -0.944. The molecule has 0 amide bonds. The summed E-state index contributed by atoms with van der Waals surface area (Å²) in [5, 5.41) is 8.42. The van der Waals surface area contributed by atoms with Crippen molar-refractivity contribution in [3.8, 4) is 0 Å². The van der Waals surface area contributed by atoms with Crippen LogP contribution in [0.2, 0.25) is 0 Å². The van der Waals surface area contributed by atoms with E-state index in [0.717, 1.165) is 0 Å². The number of carboxylic acid groups (broad SMARTS) is 1. The average Bonchev–Trinajstić information content (AvgIpc) is 2.09. The van der Waals surface area contributed by atoms with Crippen molar-refractivity contribution in [2.45, 2.75) is 19.9 Å². The van der Waals surface area contributed by atoms with Crippen LogP contribution in [0.5, 0.6) is 0 Å². The third-order valence-electron chi connectivity index (χ3n) is 1.44. The van der Waals surface area contributed by atoms with Crippen molar-refractivity contribution in [1.82, 2.24) is 0 Å². The fourth-order valence-electron chi connectivity index (χ4n) is 0.718. The van der Waals surface area contributed by atoms with Crippen LogP contribution in [0.1, 0.15) is 13.8 Å². The lowest BCUT2D eigenvalue weighted by molar-refractivity contribution is -0.140. The van der Waals surface area contributed by atoms with E-state index in [2.05, 4.69) is 13.8 Å². The van der Waals surface area contributed by atoms with Crippen LogP contribution in [0.4, 0.5) is 0 Å². The lowest BCUT2D eigenvalue weighted by Crippen LogP contribution is -2.35. The number of carboxylic acids is 1. The molecule has 0 radical (unpaired) electrons. The maximum atomic E-state index is 10.3. The molecule has 0 heterocycles. The van der Waals surface area contributed by atoms with Gasteiger partial charge in [0.15, 0.2) is 0 Å². The fourth-order valence-corrected chi connectivity index (χ4v) is 0.718. The van der Waals surface area contributed by atoms with Crippen molar-refractivity contribution in [3.05, 3.63) is 0 Å². The van der Waals surface area contributed by atoms with Gasteiger partial charge in [0, 0.05) is 6.61 Å². The van der Waals surface area contributed by atoms with Crippen molar-refractivity contribution in [3.63, 3.8) is 0 Å². The summed E-state index contributed by atoms with van der Waals surface area (Å²) in [5.74, 6) is -0.552. The summed E-state index contributed by atoms with van der Waals surface area (Å²) in [6.07, 6.45) is 0. The second-order valence-electron chi connectivity index (χ2n) is 3.49. The van der Waals surface area contributed by atoms with Gasteiger partial charge in [0.2, 0.25) is 0 Å². The van der Waals surface area contributed by atoms with E-state index in [1.54, 1.807) is 0 Å². The second-order valence-corrected chi connectivity index (χ2v) is 3.49. The predicted molar refractivity (Wildman–Crippen MR) is 52.1 cm³/mol. The molecule has 0 saturated heterocycles. The first-order valence-electron chi connectivity index (χ1n) is 4.68. The van der Waals surface area contributed by atoms with Gasteiger partial charge in [-0.3, -0.25) is 4.79 Å². The highest BCUT2D eigenvalue weighted by Gasteiger charge is 2.10. The third kappa shape index (κ3) is 7.97. The molecule has 5 nitrogen and oxygen atoms in total. The lowest BCUT2D eigenvalue weighted by atomic mass is 10.2. The summed E-state index contributed by atoms with van der Waals surface area (Å²) < 4.78 is 10.2. The van der Waals surface area contributed by atoms with Crippen LogP contribution in [0.3, 0.4) is 0 Å². The quantitative estimate of drug-likeness (QED) is 0.549. The molecule has 14 heavy (non-hydrogen) atoms. The SMILES string of the molecule is CC(C)COCCOCC(N)C(=O)O. The minimum absolute atomic E-state index is 0.0281. The number of aliphatic carboxylic acids is 1. The van der Waals surface area contributed by atoms with Gasteiger partial charge in [-0.15, -0.1) is 0 Å². The van der Waals surface area contributed by atoms with E-state index in [1.165, 1.54) is 0 Å². The highest BCUT2D eigenvalue weighted by Crippen LogP contribution is 1.92. The molecule has 0 spiro atoms. The van der Waals surface area contributed by atoms with Gasteiger partial charge in [-0.05, 0) is 5.92 Å². The molecule has 5 heteroatoms.